The van der Waals surface area contributed by atoms with Crippen LogP contribution in [0.15, 0.2) is 51.2 Å². The molecule has 0 aliphatic rings. The molecule has 0 aliphatic carbocycles. The molecule has 0 radical (unpaired) electrons. The van der Waals surface area contributed by atoms with E-state index in [4.69, 9.17) is 30.2 Å². The van der Waals surface area contributed by atoms with Crippen molar-refractivity contribution < 1.29 is 28.5 Å². The lowest BCUT2D eigenvalue weighted by Crippen LogP contribution is -2.14. The van der Waals surface area contributed by atoms with Crippen molar-refractivity contribution in [2.45, 2.75) is 13.8 Å². The van der Waals surface area contributed by atoms with Crippen LogP contribution in [0.2, 0.25) is 5.02 Å². The fourth-order valence-electron chi connectivity index (χ4n) is 3.40. The number of hydrogen-bond acceptors (Lipinski definition) is 10. The van der Waals surface area contributed by atoms with Gasteiger partial charge in [-0.2, -0.15) is 5.10 Å². The molecule has 2 aromatic carbocycles. The van der Waals surface area contributed by atoms with Crippen LogP contribution < -0.4 is 14.3 Å². The van der Waals surface area contributed by atoms with Gasteiger partial charge in [-0.25, -0.2) is 9.48 Å². The first-order chi connectivity index (χ1) is 16.9. The zero-order valence-corrected chi connectivity index (χ0v) is 20.8. The Hall–Kier alpha value is -3.83. The zero-order chi connectivity index (χ0) is 25.1. The van der Waals surface area contributed by atoms with Crippen LogP contribution in [0.25, 0.3) is 16.7 Å². The van der Waals surface area contributed by atoms with Crippen molar-refractivity contribution in [2.75, 3.05) is 20.8 Å². The van der Waals surface area contributed by atoms with Crippen LogP contribution in [-0.2, 0) is 4.74 Å². The molecule has 10 nitrogen and oxygen atoms in total. The largest absolute Gasteiger partial charge is 0.504 e. The predicted molar refractivity (Wildman–Crippen MR) is 131 cm³/mol. The van der Waals surface area contributed by atoms with E-state index in [2.05, 4.69) is 15.3 Å². The van der Waals surface area contributed by atoms with Crippen molar-refractivity contribution in [1.82, 2.24) is 9.78 Å². The van der Waals surface area contributed by atoms with Gasteiger partial charge in [0.2, 0.25) is 15.6 Å². The maximum Gasteiger partial charge on any atom is 0.369 e. The molecular formula is C23H21ClN4O6S. The zero-order valence-electron chi connectivity index (χ0n) is 19.2. The van der Waals surface area contributed by atoms with Gasteiger partial charge in [0.25, 0.3) is 0 Å². The summed E-state index contributed by atoms with van der Waals surface area (Å²) in [7, 11) is 2.90. The highest BCUT2D eigenvalue weighted by Crippen LogP contribution is 2.45. The van der Waals surface area contributed by atoms with E-state index in [-0.39, 0.29) is 28.7 Å². The highest BCUT2D eigenvalue weighted by molar-refractivity contribution is 7.10. The molecule has 0 aliphatic heterocycles. The molecule has 0 amide bonds. The van der Waals surface area contributed by atoms with Crippen molar-refractivity contribution in [3.63, 3.8) is 0 Å². The Morgan fingerprint density at radius 1 is 1.20 bits per heavy atom. The minimum atomic E-state index is -0.572. The number of carbonyl (C=O) groups is 1. The van der Waals surface area contributed by atoms with E-state index in [1.807, 2.05) is 0 Å². The van der Waals surface area contributed by atoms with Crippen LogP contribution in [0.1, 0.15) is 29.2 Å². The van der Waals surface area contributed by atoms with Crippen LogP contribution in [0.4, 0.5) is 0 Å². The molecule has 12 heteroatoms. The lowest BCUT2D eigenvalue weighted by molar-refractivity contribution is 0.0524. The second-order valence-electron chi connectivity index (χ2n) is 7.04. The lowest BCUT2D eigenvalue weighted by Gasteiger charge is -2.14. The predicted octanol–water partition coefficient (Wildman–Crippen LogP) is 4.56. The summed E-state index contributed by atoms with van der Waals surface area (Å²) in [5.41, 5.74) is 1.58. The molecule has 0 fully saturated rings. The number of methoxy groups -OCH3 is 2. The van der Waals surface area contributed by atoms with E-state index in [0.717, 1.165) is 11.3 Å². The van der Waals surface area contributed by atoms with Gasteiger partial charge in [0.05, 0.1) is 49.4 Å². The number of aromatic nitrogens is 2. The monoisotopic (exact) mass is 516 g/mol. The second-order valence-corrected chi connectivity index (χ2v) is 8.43. The number of furan rings is 1. The van der Waals surface area contributed by atoms with Crippen molar-refractivity contribution in [1.29, 1.82) is 0 Å². The number of halogens is 1. The molecule has 4 rings (SSSR count). The van der Waals surface area contributed by atoms with Gasteiger partial charge in [-0.05, 0) is 44.2 Å². The number of phenolic OH excluding ortho intramolecular Hbond substituents is 1. The second kappa shape index (κ2) is 10.2. The molecule has 182 valence electrons. The van der Waals surface area contributed by atoms with Crippen molar-refractivity contribution in [3.05, 3.63) is 57.0 Å². The molecular weight excluding hydrogens is 496 g/mol. The van der Waals surface area contributed by atoms with Gasteiger partial charge in [-0.3, -0.25) is 0 Å². The summed E-state index contributed by atoms with van der Waals surface area (Å²) in [6.07, 6.45) is 1.47. The number of rotatable bonds is 7. The Kier molecular flexibility index (Phi) is 7.08. The van der Waals surface area contributed by atoms with Gasteiger partial charge in [0.1, 0.15) is 5.75 Å². The summed E-state index contributed by atoms with van der Waals surface area (Å²) in [5.74, 6) is -0.276. The first kappa shape index (κ1) is 24.3. The number of fused-ring (bicyclic) bond motifs is 1. The standard InChI is InChI=1S/C23H21ClN4O6S/c1-5-33-22(30)21-27-28(14-8-6-13(24)7-9-14)23(35-21)26-25-12(2)16-17(29)20(32-4)19-15(10-11-34-19)18(16)31-3/h6-11,29H,5H2,1-4H3/b25-12+,26-23?. The fourth-order valence-corrected chi connectivity index (χ4v) is 4.28. The number of phenols is 1. The molecule has 4 aromatic rings. The third-order valence-corrected chi connectivity index (χ3v) is 6.06. The van der Waals surface area contributed by atoms with Gasteiger partial charge in [-0.15, -0.1) is 10.2 Å². The van der Waals surface area contributed by atoms with Gasteiger partial charge in [-0.1, -0.05) is 22.9 Å². The molecule has 0 unspecified atom stereocenters. The molecule has 0 atom stereocenters. The SMILES string of the molecule is CCOC(=O)c1nn(-c2ccc(Cl)cc2)c(=N/N=C(\C)c2c(O)c(OC)c3occc3c2OC)s1. The van der Waals surface area contributed by atoms with Gasteiger partial charge in [0, 0.05) is 5.02 Å². The Bertz CT molecular complexity index is 1490. The summed E-state index contributed by atoms with van der Waals surface area (Å²) in [5, 5.41) is 25.1. The van der Waals surface area contributed by atoms with E-state index < -0.39 is 5.97 Å². The normalized spacial score (nSPS) is 12.3. The van der Waals surface area contributed by atoms with Gasteiger partial charge in [0.15, 0.2) is 11.3 Å². The van der Waals surface area contributed by atoms with Crippen LogP contribution in [0.3, 0.4) is 0 Å². The molecule has 0 saturated carbocycles. The summed E-state index contributed by atoms with van der Waals surface area (Å²) < 4.78 is 22.9. The van der Waals surface area contributed by atoms with Crippen molar-refractivity contribution in [2.24, 2.45) is 10.2 Å². The fraction of sp³-hybridized carbons (Fsp3) is 0.217. The quantitative estimate of drug-likeness (QED) is 0.217. The maximum atomic E-state index is 12.3. The van der Waals surface area contributed by atoms with E-state index in [1.165, 1.54) is 25.2 Å². The molecule has 1 N–H and O–H groups in total. The smallest absolute Gasteiger partial charge is 0.369 e. The average molecular weight is 517 g/mol. The highest BCUT2D eigenvalue weighted by Gasteiger charge is 2.25. The summed E-state index contributed by atoms with van der Waals surface area (Å²) in [4.78, 5) is 12.6. The number of nitrogens with zero attached hydrogens (tertiary/aromatic N) is 4. The Morgan fingerprint density at radius 2 is 1.91 bits per heavy atom. The summed E-state index contributed by atoms with van der Waals surface area (Å²) >= 11 is 7.02. The molecule has 35 heavy (non-hydrogen) atoms. The number of carbonyl (C=O) groups excluding carboxylic acids is 1. The minimum Gasteiger partial charge on any atom is -0.504 e. The van der Waals surface area contributed by atoms with Gasteiger partial charge >= 0.3 is 5.97 Å². The van der Waals surface area contributed by atoms with Crippen LogP contribution >= 0.6 is 22.9 Å². The molecule has 0 bridgehead atoms. The minimum absolute atomic E-state index is 0.107. The highest BCUT2D eigenvalue weighted by atomic mass is 35.5. The molecule has 0 spiro atoms. The Morgan fingerprint density at radius 3 is 2.57 bits per heavy atom. The first-order valence-corrected chi connectivity index (χ1v) is 11.5. The van der Waals surface area contributed by atoms with Crippen LogP contribution in [0, 0.1) is 0 Å². The Balaban J connectivity index is 1.89. The summed E-state index contributed by atoms with van der Waals surface area (Å²) in [6.45, 7) is 3.58. The number of hydrogen-bond donors (Lipinski definition) is 1. The lowest BCUT2D eigenvalue weighted by atomic mass is 10.0. The third kappa shape index (κ3) is 4.60. The topological polar surface area (TPSA) is 121 Å². The van der Waals surface area contributed by atoms with Gasteiger partial charge < -0.3 is 23.7 Å². The summed E-state index contributed by atoms with van der Waals surface area (Å²) in [6, 6.07) is 8.56. The van der Waals surface area contributed by atoms with E-state index >= 15 is 0 Å². The Labute approximate surface area is 208 Å². The third-order valence-electron chi connectivity index (χ3n) is 4.93. The molecule has 0 saturated heterocycles. The number of benzene rings is 2. The maximum absolute atomic E-state index is 12.3. The van der Waals surface area contributed by atoms with E-state index in [9.17, 15) is 9.90 Å². The number of ether oxygens (including phenoxy) is 3. The molecule has 2 heterocycles. The van der Waals surface area contributed by atoms with E-state index in [1.54, 1.807) is 44.2 Å². The van der Waals surface area contributed by atoms with Crippen LogP contribution in [0.5, 0.6) is 17.2 Å². The average Bonchev–Trinajstić information content (AvgIpc) is 3.50. The van der Waals surface area contributed by atoms with Crippen LogP contribution in [-0.4, -0.2) is 47.4 Å². The number of esters is 1. The molecule has 2 aromatic heterocycles. The van der Waals surface area contributed by atoms with Crippen molar-refractivity contribution >= 4 is 45.6 Å². The number of aromatic hydroxyl groups is 1. The van der Waals surface area contributed by atoms with Crippen molar-refractivity contribution in [3.8, 4) is 22.9 Å². The van der Waals surface area contributed by atoms with E-state index in [0.29, 0.717) is 37.9 Å². The first-order valence-electron chi connectivity index (χ1n) is 10.4.